The quantitative estimate of drug-likeness (QED) is 0.636. The Labute approximate surface area is 85.9 Å². The first-order chi connectivity index (χ1) is 6.56. The lowest BCUT2D eigenvalue weighted by molar-refractivity contribution is -0.135. The van der Waals surface area contributed by atoms with Crippen molar-refractivity contribution in [1.82, 2.24) is 5.48 Å². The van der Waals surface area contributed by atoms with Crippen LogP contribution in [0.15, 0.2) is 0 Å². The van der Waals surface area contributed by atoms with E-state index in [0.717, 1.165) is 0 Å². The molecule has 0 aromatic carbocycles. The Hall–Kier alpha value is -0.610. The molecule has 14 heavy (non-hydrogen) atoms. The maximum atomic E-state index is 11.2. The molecule has 0 saturated carbocycles. The summed E-state index contributed by atoms with van der Waals surface area (Å²) in [7, 11) is 1.63. The molecule has 1 atom stereocenters. The van der Waals surface area contributed by atoms with Gasteiger partial charge in [-0.25, -0.2) is 5.48 Å². The minimum absolute atomic E-state index is 0.0878. The standard InChI is InChI=1S/C10H21NO3/c1-8(2)6-14-11-10(12)5-9(3)7-13-4/h8-9H,5-7H2,1-4H3,(H,11,12). The molecule has 1 N–H and O–H groups in total. The Morgan fingerprint density at radius 3 is 2.43 bits per heavy atom. The largest absolute Gasteiger partial charge is 0.384 e. The second-order valence-electron chi connectivity index (χ2n) is 3.99. The number of carbonyl (C=O) groups excluding carboxylic acids is 1. The monoisotopic (exact) mass is 203 g/mol. The van der Waals surface area contributed by atoms with Crippen LogP contribution in [0.3, 0.4) is 0 Å². The third-order valence-corrected chi connectivity index (χ3v) is 1.59. The van der Waals surface area contributed by atoms with Gasteiger partial charge in [0.1, 0.15) is 0 Å². The number of methoxy groups -OCH3 is 1. The first-order valence-corrected chi connectivity index (χ1v) is 4.95. The average molecular weight is 203 g/mol. The topological polar surface area (TPSA) is 47.6 Å². The van der Waals surface area contributed by atoms with Crippen molar-refractivity contribution in [2.45, 2.75) is 27.2 Å². The highest BCUT2D eigenvalue weighted by Gasteiger charge is 2.08. The molecule has 0 rings (SSSR count). The summed E-state index contributed by atoms with van der Waals surface area (Å²) in [6.07, 6.45) is 0.436. The summed E-state index contributed by atoms with van der Waals surface area (Å²) in [6, 6.07) is 0. The van der Waals surface area contributed by atoms with Gasteiger partial charge in [0.25, 0.3) is 0 Å². The zero-order chi connectivity index (χ0) is 11.0. The molecule has 0 saturated heterocycles. The molecule has 4 nitrogen and oxygen atoms in total. The highest BCUT2D eigenvalue weighted by molar-refractivity contribution is 5.74. The van der Waals surface area contributed by atoms with E-state index in [0.29, 0.717) is 25.6 Å². The Bertz CT molecular complexity index is 159. The van der Waals surface area contributed by atoms with Crippen LogP contribution >= 0.6 is 0 Å². The second-order valence-corrected chi connectivity index (χ2v) is 3.99. The first-order valence-electron chi connectivity index (χ1n) is 4.95. The third-order valence-electron chi connectivity index (χ3n) is 1.59. The van der Waals surface area contributed by atoms with E-state index < -0.39 is 0 Å². The van der Waals surface area contributed by atoms with Crippen LogP contribution in [0.5, 0.6) is 0 Å². The van der Waals surface area contributed by atoms with E-state index in [2.05, 4.69) is 5.48 Å². The smallest absolute Gasteiger partial charge is 0.243 e. The van der Waals surface area contributed by atoms with E-state index >= 15 is 0 Å². The maximum absolute atomic E-state index is 11.2. The number of rotatable bonds is 7. The van der Waals surface area contributed by atoms with E-state index in [4.69, 9.17) is 9.57 Å². The van der Waals surface area contributed by atoms with Crippen molar-refractivity contribution in [3.05, 3.63) is 0 Å². The van der Waals surface area contributed by atoms with Gasteiger partial charge in [0.2, 0.25) is 5.91 Å². The highest BCUT2D eigenvalue weighted by Crippen LogP contribution is 2.01. The van der Waals surface area contributed by atoms with Crippen LogP contribution in [0.1, 0.15) is 27.2 Å². The Morgan fingerprint density at radius 2 is 1.93 bits per heavy atom. The molecule has 84 valence electrons. The molecule has 1 amide bonds. The van der Waals surface area contributed by atoms with Crippen molar-refractivity contribution in [3.8, 4) is 0 Å². The fourth-order valence-corrected chi connectivity index (χ4v) is 0.990. The van der Waals surface area contributed by atoms with Crippen molar-refractivity contribution >= 4 is 5.91 Å². The SMILES string of the molecule is COCC(C)CC(=O)NOCC(C)C. The van der Waals surface area contributed by atoms with Crippen LogP contribution in [0, 0.1) is 11.8 Å². The second kappa shape index (κ2) is 7.76. The lowest BCUT2D eigenvalue weighted by Gasteiger charge is -2.11. The van der Waals surface area contributed by atoms with Gasteiger partial charge in [-0.1, -0.05) is 20.8 Å². The van der Waals surface area contributed by atoms with Crippen LogP contribution in [0.25, 0.3) is 0 Å². The number of amides is 1. The van der Waals surface area contributed by atoms with Gasteiger partial charge in [-0.05, 0) is 11.8 Å². The lowest BCUT2D eigenvalue weighted by atomic mass is 10.1. The molecule has 0 spiro atoms. The number of hydrogen-bond acceptors (Lipinski definition) is 3. The van der Waals surface area contributed by atoms with Gasteiger partial charge >= 0.3 is 0 Å². The van der Waals surface area contributed by atoms with Gasteiger partial charge in [-0.3, -0.25) is 9.63 Å². The Morgan fingerprint density at radius 1 is 1.29 bits per heavy atom. The molecule has 0 fully saturated rings. The molecule has 0 aromatic heterocycles. The van der Waals surface area contributed by atoms with Gasteiger partial charge in [0.05, 0.1) is 6.61 Å². The first kappa shape index (κ1) is 13.4. The summed E-state index contributed by atoms with van der Waals surface area (Å²) in [6.45, 7) is 7.16. The van der Waals surface area contributed by atoms with Crippen LogP contribution in [-0.2, 0) is 14.4 Å². The van der Waals surface area contributed by atoms with Crippen molar-refractivity contribution in [3.63, 3.8) is 0 Å². The molecule has 1 unspecified atom stereocenters. The van der Waals surface area contributed by atoms with Crippen molar-refractivity contribution < 1.29 is 14.4 Å². The molecular formula is C10H21NO3. The zero-order valence-electron chi connectivity index (χ0n) is 9.50. The summed E-state index contributed by atoms with van der Waals surface area (Å²) >= 11 is 0. The van der Waals surface area contributed by atoms with Crippen molar-refractivity contribution in [2.24, 2.45) is 11.8 Å². The van der Waals surface area contributed by atoms with Crippen LogP contribution in [0.4, 0.5) is 0 Å². The van der Waals surface area contributed by atoms with Gasteiger partial charge in [-0.15, -0.1) is 0 Å². The van der Waals surface area contributed by atoms with Gasteiger partial charge in [0, 0.05) is 20.1 Å². The van der Waals surface area contributed by atoms with Crippen LogP contribution < -0.4 is 5.48 Å². The molecule has 0 aliphatic heterocycles. The number of ether oxygens (including phenoxy) is 1. The summed E-state index contributed by atoms with van der Waals surface area (Å²) in [5, 5.41) is 0. The molecule has 0 aliphatic rings. The Balaban J connectivity index is 3.45. The van der Waals surface area contributed by atoms with E-state index in [1.54, 1.807) is 7.11 Å². The minimum atomic E-state index is -0.0878. The Kier molecular flexibility index (Phi) is 7.42. The van der Waals surface area contributed by atoms with Crippen molar-refractivity contribution in [1.29, 1.82) is 0 Å². The molecule has 0 aliphatic carbocycles. The summed E-state index contributed by atoms with van der Waals surface area (Å²) in [5.41, 5.74) is 2.41. The fraction of sp³-hybridized carbons (Fsp3) is 0.900. The van der Waals surface area contributed by atoms with E-state index in [-0.39, 0.29) is 11.8 Å². The lowest BCUT2D eigenvalue weighted by Crippen LogP contribution is -2.27. The van der Waals surface area contributed by atoms with Gasteiger partial charge < -0.3 is 4.74 Å². The average Bonchev–Trinajstić information content (AvgIpc) is 2.03. The van der Waals surface area contributed by atoms with E-state index in [1.165, 1.54) is 0 Å². The van der Waals surface area contributed by atoms with E-state index in [9.17, 15) is 4.79 Å². The van der Waals surface area contributed by atoms with Gasteiger partial charge in [-0.2, -0.15) is 0 Å². The maximum Gasteiger partial charge on any atom is 0.243 e. The number of nitrogens with one attached hydrogen (secondary N) is 1. The van der Waals surface area contributed by atoms with Crippen LogP contribution in [0.2, 0.25) is 0 Å². The van der Waals surface area contributed by atoms with Crippen molar-refractivity contribution in [2.75, 3.05) is 20.3 Å². The number of carbonyl (C=O) groups is 1. The number of hydroxylamine groups is 1. The summed E-state index contributed by atoms with van der Waals surface area (Å²) in [5.74, 6) is 0.560. The molecular weight excluding hydrogens is 182 g/mol. The molecule has 0 bridgehead atoms. The molecule has 0 aromatic rings. The zero-order valence-corrected chi connectivity index (χ0v) is 9.50. The normalized spacial score (nSPS) is 12.9. The molecule has 4 heteroatoms. The highest BCUT2D eigenvalue weighted by atomic mass is 16.6. The predicted molar refractivity (Wildman–Crippen MR) is 54.6 cm³/mol. The summed E-state index contributed by atoms with van der Waals surface area (Å²) < 4.78 is 4.93. The minimum Gasteiger partial charge on any atom is -0.384 e. The van der Waals surface area contributed by atoms with E-state index in [1.807, 2.05) is 20.8 Å². The molecule has 0 heterocycles. The third kappa shape index (κ3) is 8.01. The predicted octanol–water partition coefficient (Wildman–Crippen LogP) is 1.36. The summed E-state index contributed by atoms with van der Waals surface area (Å²) in [4.78, 5) is 16.2. The van der Waals surface area contributed by atoms with Gasteiger partial charge in [0.15, 0.2) is 0 Å². The molecule has 0 radical (unpaired) electrons. The van der Waals surface area contributed by atoms with Crippen LogP contribution in [-0.4, -0.2) is 26.2 Å². The fourth-order valence-electron chi connectivity index (χ4n) is 0.990. The number of hydrogen-bond donors (Lipinski definition) is 1.